The first kappa shape index (κ1) is 20.8. The Morgan fingerprint density at radius 2 is 1.97 bits per heavy atom. The third-order valence-electron chi connectivity index (χ3n) is 6.09. The standard InChI is InChI=1S/C25H31N3O2/c1-2-28-14-13-27(17-20-6-5-15-30-19-20)18-23(25(28)29)16-22-7-3-4-8-24(22)21-9-11-26-12-10-21/h3-4,6-12,23H,2,5,13-19H2,1H3/t23-/m1/s1. The molecule has 5 heteroatoms. The van der Waals surface area contributed by atoms with Gasteiger partial charge in [0.2, 0.25) is 5.91 Å². The van der Waals surface area contributed by atoms with Crippen LogP contribution in [0.2, 0.25) is 0 Å². The molecule has 0 bridgehead atoms. The van der Waals surface area contributed by atoms with Crippen LogP contribution in [0.3, 0.4) is 0 Å². The van der Waals surface area contributed by atoms with Gasteiger partial charge < -0.3 is 9.64 Å². The van der Waals surface area contributed by atoms with Crippen molar-refractivity contribution in [3.8, 4) is 11.1 Å². The Morgan fingerprint density at radius 1 is 1.13 bits per heavy atom. The van der Waals surface area contributed by atoms with E-state index >= 15 is 0 Å². The zero-order chi connectivity index (χ0) is 20.8. The van der Waals surface area contributed by atoms with Crippen LogP contribution in [0, 0.1) is 5.92 Å². The molecule has 0 saturated carbocycles. The molecule has 2 aliphatic heterocycles. The minimum atomic E-state index is -0.0412. The lowest BCUT2D eigenvalue weighted by molar-refractivity contribution is -0.134. The lowest BCUT2D eigenvalue weighted by atomic mass is 9.91. The van der Waals surface area contributed by atoms with Gasteiger partial charge in [0.1, 0.15) is 0 Å². The van der Waals surface area contributed by atoms with Crippen LogP contribution >= 0.6 is 0 Å². The topological polar surface area (TPSA) is 45.7 Å². The van der Waals surface area contributed by atoms with Crippen LogP contribution in [0.25, 0.3) is 11.1 Å². The van der Waals surface area contributed by atoms with Crippen molar-refractivity contribution in [2.45, 2.75) is 19.8 Å². The minimum absolute atomic E-state index is 0.0412. The fraction of sp³-hybridized carbons (Fsp3) is 0.440. The molecule has 30 heavy (non-hydrogen) atoms. The third kappa shape index (κ3) is 4.97. The van der Waals surface area contributed by atoms with Crippen LogP contribution in [-0.4, -0.2) is 66.6 Å². The number of pyridine rings is 1. The van der Waals surface area contributed by atoms with Gasteiger partial charge in [-0.25, -0.2) is 0 Å². The van der Waals surface area contributed by atoms with Crippen molar-refractivity contribution in [2.75, 3.05) is 45.9 Å². The number of rotatable bonds is 6. The largest absolute Gasteiger partial charge is 0.377 e. The SMILES string of the molecule is CCN1CCN(CC2=CCCOC2)C[C@@H](Cc2ccccc2-c2ccncc2)C1=O. The van der Waals surface area contributed by atoms with Crippen LogP contribution < -0.4 is 0 Å². The second-order valence-corrected chi connectivity index (χ2v) is 8.15. The number of benzene rings is 1. The molecule has 1 aromatic carbocycles. The van der Waals surface area contributed by atoms with Gasteiger partial charge in [0, 0.05) is 45.1 Å². The quantitative estimate of drug-likeness (QED) is 0.691. The molecule has 1 saturated heterocycles. The maximum atomic E-state index is 13.3. The maximum Gasteiger partial charge on any atom is 0.227 e. The number of amides is 1. The molecule has 0 unspecified atom stereocenters. The van der Waals surface area contributed by atoms with Crippen LogP contribution in [0.5, 0.6) is 0 Å². The van der Waals surface area contributed by atoms with E-state index in [0.717, 1.165) is 64.3 Å². The van der Waals surface area contributed by atoms with Crippen molar-refractivity contribution >= 4 is 5.91 Å². The van der Waals surface area contributed by atoms with Gasteiger partial charge in [0.05, 0.1) is 19.1 Å². The van der Waals surface area contributed by atoms with Crippen molar-refractivity contribution in [3.05, 3.63) is 66.0 Å². The Labute approximate surface area is 179 Å². The zero-order valence-electron chi connectivity index (χ0n) is 17.8. The first-order valence-electron chi connectivity index (χ1n) is 11.0. The summed E-state index contributed by atoms with van der Waals surface area (Å²) in [7, 11) is 0. The highest BCUT2D eigenvalue weighted by molar-refractivity contribution is 5.80. The van der Waals surface area contributed by atoms with E-state index < -0.39 is 0 Å². The molecule has 3 heterocycles. The summed E-state index contributed by atoms with van der Waals surface area (Å²) in [5, 5.41) is 0. The summed E-state index contributed by atoms with van der Waals surface area (Å²) in [6, 6.07) is 12.5. The fourth-order valence-electron chi connectivity index (χ4n) is 4.50. The molecule has 0 radical (unpaired) electrons. The molecule has 0 aliphatic carbocycles. The van der Waals surface area contributed by atoms with E-state index in [0.29, 0.717) is 0 Å². The minimum Gasteiger partial charge on any atom is -0.377 e. The molecule has 1 amide bonds. The average Bonchev–Trinajstić information content (AvgIpc) is 2.94. The third-order valence-corrected chi connectivity index (χ3v) is 6.09. The molecule has 4 rings (SSSR count). The van der Waals surface area contributed by atoms with Crippen LogP contribution in [-0.2, 0) is 16.0 Å². The summed E-state index contributed by atoms with van der Waals surface area (Å²) in [6.45, 7) is 7.78. The van der Waals surface area contributed by atoms with Crippen molar-refractivity contribution in [2.24, 2.45) is 5.92 Å². The van der Waals surface area contributed by atoms with Gasteiger partial charge in [0.15, 0.2) is 0 Å². The van der Waals surface area contributed by atoms with E-state index in [1.54, 1.807) is 0 Å². The highest BCUT2D eigenvalue weighted by Crippen LogP contribution is 2.27. The highest BCUT2D eigenvalue weighted by Gasteiger charge is 2.30. The fourth-order valence-corrected chi connectivity index (χ4v) is 4.50. The normalized spacial score (nSPS) is 20.7. The molecule has 0 N–H and O–H groups in total. The number of aromatic nitrogens is 1. The Hall–Kier alpha value is -2.50. The summed E-state index contributed by atoms with van der Waals surface area (Å²) >= 11 is 0. The summed E-state index contributed by atoms with van der Waals surface area (Å²) in [4.78, 5) is 21.9. The van der Waals surface area contributed by atoms with E-state index in [9.17, 15) is 4.79 Å². The number of likely N-dealkylation sites (N-methyl/N-ethyl adjacent to an activating group) is 1. The van der Waals surface area contributed by atoms with Gasteiger partial charge in [-0.2, -0.15) is 0 Å². The maximum absolute atomic E-state index is 13.3. The lowest BCUT2D eigenvalue weighted by Crippen LogP contribution is -2.37. The number of ether oxygens (including phenoxy) is 1. The first-order valence-corrected chi connectivity index (χ1v) is 11.0. The summed E-state index contributed by atoms with van der Waals surface area (Å²) < 4.78 is 5.63. The van der Waals surface area contributed by atoms with Crippen molar-refractivity contribution in [1.82, 2.24) is 14.8 Å². The number of hydrogen-bond donors (Lipinski definition) is 0. The van der Waals surface area contributed by atoms with E-state index in [1.807, 2.05) is 29.4 Å². The molecule has 5 nitrogen and oxygen atoms in total. The predicted molar refractivity (Wildman–Crippen MR) is 119 cm³/mol. The molecule has 1 aromatic heterocycles. The first-order chi connectivity index (χ1) is 14.7. The molecule has 0 spiro atoms. The molecule has 1 atom stereocenters. The van der Waals surface area contributed by atoms with Crippen LogP contribution in [0.15, 0.2) is 60.4 Å². The zero-order valence-corrected chi connectivity index (χ0v) is 17.8. The lowest BCUT2D eigenvalue weighted by Gasteiger charge is -2.26. The summed E-state index contributed by atoms with van der Waals surface area (Å²) in [5.41, 5.74) is 4.90. The average molecular weight is 406 g/mol. The predicted octanol–water partition coefficient (Wildman–Crippen LogP) is 3.42. The number of nitrogens with zero attached hydrogens (tertiary/aromatic N) is 3. The second kappa shape index (κ2) is 10.0. The van der Waals surface area contributed by atoms with Gasteiger partial charge in [-0.05, 0) is 54.2 Å². The molecule has 1 fully saturated rings. The second-order valence-electron chi connectivity index (χ2n) is 8.15. The monoisotopic (exact) mass is 405 g/mol. The summed E-state index contributed by atoms with van der Waals surface area (Å²) in [5.74, 6) is 0.235. The smallest absolute Gasteiger partial charge is 0.227 e. The van der Waals surface area contributed by atoms with Crippen molar-refractivity contribution in [3.63, 3.8) is 0 Å². The Bertz CT molecular complexity index is 881. The number of carbonyl (C=O) groups is 1. The van der Waals surface area contributed by atoms with Crippen molar-refractivity contribution < 1.29 is 9.53 Å². The van der Waals surface area contributed by atoms with Crippen LogP contribution in [0.4, 0.5) is 0 Å². The van der Waals surface area contributed by atoms with Crippen molar-refractivity contribution in [1.29, 1.82) is 0 Å². The number of hydrogen-bond acceptors (Lipinski definition) is 4. The Morgan fingerprint density at radius 3 is 2.73 bits per heavy atom. The molecule has 2 aromatic rings. The Kier molecular flexibility index (Phi) is 6.92. The van der Waals surface area contributed by atoms with E-state index in [4.69, 9.17) is 4.74 Å². The van der Waals surface area contributed by atoms with E-state index in [2.05, 4.69) is 47.1 Å². The molecule has 2 aliphatic rings. The molecular weight excluding hydrogens is 374 g/mol. The molecule has 158 valence electrons. The number of carbonyl (C=O) groups excluding carboxylic acids is 1. The van der Waals surface area contributed by atoms with E-state index in [1.165, 1.54) is 16.7 Å². The highest BCUT2D eigenvalue weighted by atomic mass is 16.5. The van der Waals surface area contributed by atoms with Gasteiger partial charge in [-0.15, -0.1) is 0 Å². The van der Waals surface area contributed by atoms with Gasteiger partial charge in [-0.3, -0.25) is 14.7 Å². The van der Waals surface area contributed by atoms with Gasteiger partial charge in [0.25, 0.3) is 0 Å². The Balaban J connectivity index is 1.56. The summed E-state index contributed by atoms with van der Waals surface area (Å²) in [6.07, 6.45) is 7.69. The van der Waals surface area contributed by atoms with Gasteiger partial charge in [-0.1, -0.05) is 30.3 Å². The molecular formula is C25H31N3O2. The van der Waals surface area contributed by atoms with Crippen LogP contribution in [0.1, 0.15) is 18.9 Å². The van der Waals surface area contributed by atoms with Gasteiger partial charge >= 0.3 is 0 Å². The van der Waals surface area contributed by atoms with E-state index in [-0.39, 0.29) is 11.8 Å².